The lowest BCUT2D eigenvalue weighted by atomic mass is 10.1. The van der Waals surface area contributed by atoms with Crippen LogP contribution >= 0.6 is 0 Å². The molecule has 7 heteroatoms. The Morgan fingerprint density at radius 1 is 1.47 bits per heavy atom. The lowest BCUT2D eigenvalue weighted by Crippen LogP contribution is -1.98. The van der Waals surface area contributed by atoms with E-state index in [1.807, 2.05) is 0 Å². The zero-order chi connectivity index (χ0) is 13.0. The summed E-state index contributed by atoms with van der Waals surface area (Å²) in [7, 11) is 0. The maximum atomic E-state index is 13.4. The number of hydrogen-bond donors (Lipinski definition) is 1. The SMILES string of the molecule is O=Cc1cc(F)c(/C=C/C(=O)O)c([N+](=O)[O-])c1. The third kappa shape index (κ3) is 2.94. The van der Waals surface area contributed by atoms with Crippen LogP contribution in [0.3, 0.4) is 0 Å². The molecule has 1 aromatic rings. The Bertz CT molecular complexity index is 524. The number of benzene rings is 1. The third-order valence-corrected chi connectivity index (χ3v) is 1.86. The first kappa shape index (κ1) is 12.5. The van der Waals surface area contributed by atoms with E-state index in [2.05, 4.69) is 0 Å². The first-order valence-electron chi connectivity index (χ1n) is 4.30. The minimum absolute atomic E-state index is 0.193. The molecule has 0 heterocycles. The van der Waals surface area contributed by atoms with Gasteiger partial charge in [0.25, 0.3) is 5.69 Å². The fraction of sp³-hybridized carbons (Fsp3) is 0. The van der Waals surface area contributed by atoms with Crippen LogP contribution in [0.25, 0.3) is 6.08 Å². The highest BCUT2D eigenvalue weighted by Crippen LogP contribution is 2.24. The van der Waals surface area contributed by atoms with Gasteiger partial charge in [-0.3, -0.25) is 14.9 Å². The van der Waals surface area contributed by atoms with Gasteiger partial charge in [0.1, 0.15) is 12.1 Å². The molecule has 0 bridgehead atoms. The van der Waals surface area contributed by atoms with Gasteiger partial charge in [-0.2, -0.15) is 0 Å². The van der Waals surface area contributed by atoms with Crippen molar-refractivity contribution in [2.24, 2.45) is 0 Å². The standard InChI is InChI=1S/C10H6FNO5/c11-8-3-6(5-13)4-9(12(16)17)7(8)1-2-10(14)15/h1-5H,(H,14,15)/b2-1+. The number of carbonyl (C=O) groups excluding carboxylic acids is 1. The number of carboxylic acid groups (broad SMARTS) is 1. The molecule has 0 amide bonds. The zero-order valence-electron chi connectivity index (χ0n) is 8.29. The maximum Gasteiger partial charge on any atom is 0.328 e. The van der Waals surface area contributed by atoms with Crippen LogP contribution in [-0.2, 0) is 4.79 Å². The van der Waals surface area contributed by atoms with Crippen LogP contribution < -0.4 is 0 Å². The molecular formula is C10H6FNO5. The van der Waals surface area contributed by atoms with Crippen molar-refractivity contribution in [1.29, 1.82) is 0 Å². The predicted molar refractivity (Wildman–Crippen MR) is 55.1 cm³/mol. The molecule has 0 aliphatic rings. The monoisotopic (exact) mass is 239 g/mol. The van der Waals surface area contributed by atoms with E-state index < -0.39 is 28.0 Å². The topological polar surface area (TPSA) is 97.5 Å². The zero-order valence-corrected chi connectivity index (χ0v) is 8.29. The van der Waals surface area contributed by atoms with Crippen molar-refractivity contribution in [3.05, 3.63) is 45.3 Å². The van der Waals surface area contributed by atoms with Crippen LogP contribution in [0.1, 0.15) is 15.9 Å². The number of carbonyl (C=O) groups is 2. The van der Waals surface area contributed by atoms with Crippen LogP contribution in [0.4, 0.5) is 10.1 Å². The first-order valence-corrected chi connectivity index (χ1v) is 4.30. The Morgan fingerprint density at radius 2 is 2.12 bits per heavy atom. The number of nitro groups is 1. The summed E-state index contributed by atoms with van der Waals surface area (Å²) >= 11 is 0. The van der Waals surface area contributed by atoms with Crippen LogP contribution in [0.5, 0.6) is 0 Å². The number of nitro benzene ring substituents is 1. The van der Waals surface area contributed by atoms with E-state index in [4.69, 9.17) is 5.11 Å². The smallest absolute Gasteiger partial charge is 0.328 e. The molecule has 0 unspecified atom stereocenters. The lowest BCUT2D eigenvalue weighted by molar-refractivity contribution is -0.385. The van der Waals surface area contributed by atoms with Crippen molar-refractivity contribution in [3.8, 4) is 0 Å². The summed E-state index contributed by atoms with van der Waals surface area (Å²) in [6.07, 6.45) is 1.61. The maximum absolute atomic E-state index is 13.4. The van der Waals surface area contributed by atoms with E-state index in [-0.39, 0.29) is 11.8 Å². The second kappa shape index (κ2) is 4.97. The number of carboxylic acids is 1. The molecule has 88 valence electrons. The van der Waals surface area contributed by atoms with Gasteiger partial charge in [0.2, 0.25) is 0 Å². The number of aldehydes is 1. The van der Waals surface area contributed by atoms with Gasteiger partial charge < -0.3 is 5.11 Å². The van der Waals surface area contributed by atoms with Crippen LogP contribution in [0.15, 0.2) is 18.2 Å². The summed E-state index contributed by atoms with van der Waals surface area (Å²) in [5.74, 6) is -2.39. The minimum atomic E-state index is -1.36. The Balaban J connectivity index is 3.41. The van der Waals surface area contributed by atoms with E-state index in [1.165, 1.54) is 0 Å². The summed E-state index contributed by atoms with van der Waals surface area (Å²) in [6, 6.07) is 1.67. The molecule has 0 saturated carbocycles. The van der Waals surface area contributed by atoms with Crippen LogP contribution in [0.2, 0.25) is 0 Å². The normalized spacial score (nSPS) is 10.4. The molecule has 1 N–H and O–H groups in total. The summed E-state index contributed by atoms with van der Waals surface area (Å²) in [5.41, 5.74) is -1.34. The highest BCUT2D eigenvalue weighted by molar-refractivity contribution is 5.87. The Morgan fingerprint density at radius 3 is 2.59 bits per heavy atom. The van der Waals surface area contributed by atoms with Crippen LogP contribution in [-0.4, -0.2) is 22.3 Å². The number of nitrogens with zero attached hydrogens (tertiary/aromatic N) is 1. The molecule has 17 heavy (non-hydrogen) atoms. The second-order valence-corrected chi connectivity index (χ2v) is 2.98. The summed E-state index contributed by atoms with van der Waals surface area (Å²) in [4.78, 5) is 30.4. The van der Waals surface area contributed by atoms with E-state index in [9.17, 15) is 24.1 Å². The van der Waals surface area contributed by atoms with Gasteiger partial charge >= 0.3 is 5.97 Å². The molecule has 0 fully saturated rings. The molecule has 1 aromatic carbocycles. The van der Waals surface area contributed by atoms with E-state index in [0.717, 1.165) is 18.2 Å². The molecule has 6 nitrogen and oxygen atoms in total. The lowest BCUT2D eigenvalue weighted by Gasteiger charge is -2.00. The van der Waals surface area contributed by atoms with Gasteiger partial charge in [0.05, 0.1) is 10.5 Å². The first-order chi connectivity index (χ1) is 7.95. The van der Waals surface area contributed by atoms with Gasteiger partial charge in [0, 0.05) is 17.7 Å². The van der Waals surface area contributed by atoms with E-state index in [1.54, 1.807) is 0 Å². The van der Waals surface area contributed by atoms with Crippen molar-refractivity contribution in [3.63, 3.8) is 0 Å². The van der Waals surface area contributed by atoms with Crippen molar-refractivity contribution in [2.75, 3.05) is 0 Å². The fourth-order valence-electron chi connectivity index (χ4n) is 1.16. The summed E-state index contributed by atoms with van der Waals surface area (Å²) in [6.45, 7) is 0. The average Bonchev–Trinajstić information content (AvgIpc) is 2.25. The molecule has 0 atom stereocenters. The van der Waals surface area contributed by atoms with Crippen molar-refractivity contribution in [2.45, 2.75) is 0 Å². The van der Waals surface area contributed by atoms with Crippen molar-refractivity contribution < 1.29 is 24.0 Å². The second-order valence-electron chi connectivity index (χ2n) is 2.98. The molecular weight excluding hydrogens is 233 g/mol. The Hall–Kier alpha value is -2.57. The largest absolute Gasteiger partial charge is 0.478 e. The summed E-state index contributed by atoms with van der Waals surface area (Å²) in [5, 5.41) is 19.0. The molecule has 0 aliphatic heterocycles. The summed E-state index contributed by atoms with van der Waals surface area (Å²) < 4.78 is 13.4. The number of halogens is 1. The molecule has 1 rings (SSSR count). The van der Waals surface area contributed by atoms with E-state index >= 15 is 0 Å². The number of hydrogen-bond acceptors (Lipinski definition) is 4. The van der Waals surface area contributed by atoms with Crippen LogP contribution in [0, 0.1) is 15.9 Å². The Labute approximate surface area is 94.1 Å². The molecule has 0 aliphatic carbocycles. The van der Waals surface area contributed by atoms with Crippen molar-refractivity contribution in [1.82, 2.24) is 0 Å². The molecule has 0 aromatic heterocycles. The van der Waals surface area contributed by atoms with Gasteiger partial charge in [-0.15, -0.1) is 0 Å². The fourth-order valence-corrected chi connectivity index (χ4v) is 1.16. The highest BCUT2D eigenvalue weighted by Gasteiger charge is 2.18. The number of rotatable bonds is 4. The highest BCUT2D eigenvalue weighted by atomic mass is 19.1. The van der Waals surface area contributed by atoms with Gasteiger partial charge in [-0.1, -0.05) is 0 Å². The minimum Gasteiger partial charge on any atom is -0.478 e. The molecule has 0 radical (unpaired) electrons. The molecule has 0 saturated heterocycles. The van der Waals surface area contributed by atoms with Gasteiger partial charge in [-0.25, -0.2) is 9.18 Å². The molecule has 0 spiro atoms. The van der Waals surface area contributed by atoms with Crippen molar-refractivity contribution >= 4 is 24.0 Å². The number of aliphatic carboxylic acids is 1. The average molecular weight is 239 g/mol. The third-order valence-electron chi connectivity index (χ3n) is 1.86. The Kier molecular flexibility index (Phi) is 3.66. The quantitative estimate of drug-likeness (QED) is 0.373. The van der Waals surface area contributed by atoms with Gasteiger partial charge in [-0.05, 0) is 12.1 Å². The van der Waals surface area contributed by atoms with Gasteiger partial charge in [0.15, 0.2) is 0 Å². The predicted octanol–water partition coefficient (Wildman–Crippen LogP) is 1.64. The van der Waals surface area contributed by atoms with E-state index in [0.29, 0.717) is 6.08 Å².